The monoisotopic (exact) mass is 286 g/mol. The summed E-state index contributed by atoms with van der Waals surface area (Å²) >= 11 is 0. The van der Waals surface area contributed by atoms with Gasteiger partial charge in [-0.15, -0.1) is 0 Å². The second kappa shape index (κ2) is 6.88. The van der Waals surface area contributed by atoms with Gasteiger partial charge in [0, 0.05) is 12.2 Å². The fourth-order valence-electron chi connectivity index (χ4n) is 2.14. The predicted octanol–water partition coefficient (Wildman–Crippen LogP) is 3.81. The van der Waals surface area contributed by atoms with Crippen molar-refractivity contribution in [3.05, 3.63) is 65.0 Å². The standard InChI is InChI=1S/C17H19FN2O/c1-12-4-3-5-13(2)16(12)20-17(21)19-11-10-14-6-8-15(18)9-7-14/h3-9H,10-11H2,1-2H3,(H2,19,20,21). The second-order valence-corrected chi connectivity index (χ2v) is 5.02. The van der Waals surface area contributed by atoms with E-state index < -0.39 is 0 Å². The van der Waals surface area contributed by atoms with Gasteiger partial charge >= 0.3 is 6.03 Å². The molecule has 2 rings (SSSR count). The first kappa shape index (κ1) is 15.0. The third-order valence-electron chi connectivity index (χ3n) is 3.33. The number of para-hydroxylation sites is 1. The van der Waals surface area contributed by atoms with Crippen LogP contribution in [0.15, 0.2) is 42.5 Å². The molecule has 3 nitrogen and oxygen atoms in total. The molecule has 0 saturated carbocycles. The number of benzene rings is 2. The molecule has 2 N–H and O–H groups in total. The van der Waals surface area contributed by atoms with Gasteiger partial charge in [0.2, 0.25) is 0 Å². The van der Waals surface area contributed by atoms with Crippen LogP contribution in [-0.2, 0) is 6.42 Å². The van der Waals surface area contributed by atoms with Crippen LogP contribution < -0.4 is 10.6 Å². The molecule has 0 fully saturated rings. The molecule has 0 atom stereocenters. The molecule has 0 unspecified atom stereocenters. The van der Waals surface area contributed by atoms with E-state index in [1.165, 1.54) is 12.1 Å². The Hall–Kier alpha value is -2.36. The van der Waals surface area contributed by atoms with Gasteiger partial charge in [-0.05, 0) is 49.1 Å². The van der Waals surface area contributed by atoms with Crippen molar-refractivity contribution in [1.82, 2.24) is 5.32 Å². The van der Waals surface area contributed by atoms with Gasteiger partial charge in [0.05, 0.1) is 0 Å². The third-order valence-corrected chi connectivity index (χ3v) is 3.33. The maximum atomic E-state index is 12.8. The van der Waals surface area contributed by atoms with Crippen LogP contribution in [0.4, 0.5) is 14.9 Å². The number of hydrogen-bond acceptors (Lipinski definition) is 1. The Bertz CT molecular complexity index is 603. The van der Waals surface area contributed by atoms with Gasteiger partial charge in [-0.1, -0.05) is 30.3 Å². The predicted molar refractivity (Wildman–Crippen MR) is 83.0 cm³/mol. The zero-order valence-electron chi connectivity index (χ0n) is 12.2. The summed E-state index contributed by atoms with van der Waals surface area (Å²) in [4.78, 5) is 11.9. The van der Waals surface area contributed by atoms with Crippen molar-refractivity contribution in [1.29, 1.82) is 0 Å². The molecule has 110 valence electrons. The Morgan fingerprint density at radius 3 is 2.29 bits per heavy atom. The molecule has 0 aliphatic rings. The first-order valence-electron chi connectivity index (χ1n) is 6.92. The number of rotatable bonds is 4. The molecule has 2 amide bonds. The number of aryl methyl sites for hydroxylation is 2. The Kier molecular flexibility index (Phi) is 4.93. The topological polar surface area (TPSA) is 41.1 Å². The first-order chi connectivity index (χ1) is 10.1. The fraction of sp³-hybridized carbons (Fsp3) is 0.235. The van der Waals surface area contributed by atoms with Crippen molar-refractivity contribution in [3.63, 3.8) is 0 Å². The Balaban J connectivity index is 1.84. The lowest BCUT2D eigenvalue weighted by Gasteiger charge is -2.12. The van der Waals surface area contributed by atoms with Gasteiger partial charge in [0.1, 0.15) is 5.82 Å². The summed E-state index contributed by atoms with van der Waals surface area (Å²) in [5.74, 6) is -0.250. The highest BCUT2D eigenvalue weighted by molar-refractivity contribution is 5.90. The molecule has 2 aromatic carbocycles. The summed E-state index contributed by atoms with van der Waals surface area (Å²) in [5.41, 5.74) is 3.90. The Labute approximate surface area is 124 Å². The molecule has 0 spiro atoms. The van der Waals surface area contributed by atoms with Crippen LogP contribution in [-0.4, -0.2) is 12.6 Å². The number of amides is 2. The van der Waals surface area contributed by atoms with E-state index in [-0.39, 0.29) is 11.8 Å². The summed E-state index contributed by atoms with van der Waals surface area (Å²) in [7, 11) is 0. The highest BCUT2D eigenvalue weighted by Crippen LogP contribution is 2.18. The molecule has 0 aliphatic heterocycles. The molecular formula is C17H19FN2O. The molecule has 0 aliphatic carbocycles. The number of nitrogens with one attached hydrogen (secondary N) is 2. The first-order valence-corrected chi connectivity index (χ1v) is 6.92. The maximum absolute atomic E-state index is 12.8. The molecule has 4 heteroatoms. The number of carbonyl (C=O) groups is 1. The van der Waals surface area contributed by atoms with E-state index >= 15 is 0 Å². The minimum absolute atomic E-state index is 0.227. The normalized spacial score (nSPS) is 10.2. The van der Waals surface area contributed by atoms with Crippen molar-refractivity contribution >= 4 is 11.7 Å². The third kappa shape index (κ3) is 4.31. The van der Waals surface area contributed by atoms with E-state index in [2.05, 4.69) is 10.6 Å². The molecule has 0 saturated heterocycles. The van der Waals surface area contributed by atoms with E-state index in [1.807, 2.05) is 32.0 Å². The fourth-order valence-corrected chi connectivity index (χ4v) is 2.14. The molecule has 0 heterocycles. The maximum Gasteiger partial charge on any atom is 0.319 e. The summed E-state index contributed by atoms with van der Waals surface area (Å²) in [6, 6.07) is 11.9. The van der Waals surface area contributed by atoms with Crippen LogP contribution in [0.25, 0.3) is 0 Å². The molecule has 0 radical (unpaired) electrons. The van der Waals surface area contributed by atoms with Gasteiger partial charge in [0.15, 0.2) is 0 Å². The summed E-state index contributed by atoms with van der Waals surface area (Å²) in [6.07, 6.45) is 0.667. The lowest BCUT2D eigenvalue weighted by molar-refractivity contribution is 0.252. The Morgan fingerprint density at radius 1 is 1.05 bits per heavy atom. The van der Waals surface area contributed by atoms with Crippen LogP contribution in [0.2, 0.25) is 0 Å². The van der Waals surface area contributed by atoms with Crippen molar-refractivity contribution < 1.29 is 9.18 Å². The quantitative estimate of drug-likeness (QED) is 0.881. The second-order valence-electron chi connectivity index (χ2n) is 5.02. The SMILES string of the molecule is Cc1cccc(C)c1NC(=O)NCCc1ccc(F)cc1. The average molecular weight is 286 g/mol. The van der Waals surface area contributed by atoms with Gasteiger partial charge < -0.3 is 10.6 Å². The largest absolute Gasteiger partial charge is 0.338 e. The van der Waals surface area contributed by atoms with Crippen molar-refractivity contribution in [2.75, 3.05) is 11.9 Å². The summed E-state index contributed by atoms with van der Waals surface area (Å²) in [6.45, 7) is 4.42. The smallest absolute Gasteiger partial charge is 0.319 e. The number of urea groups is 1. The van der Waals surface area contributed by atoms with Crippen molar-refractivity contribution in [2.45, 2.75) is 20.3 Å². The molecule has 0 bridgehead atoms. The zero-order valence-corrected chi connectivity index (χ0v) is 12.2. The number of halogens is 1. The average Bonchev–Trinajstić information content (AvgIpc) is 2.45. The van der Waals surface area contributed by atoms with E-state index in [1.54, 1.807) is 12.1 Å². The lowest BCUT2D eigenvalue weighted by atomic mass is 10.1. The minimum atomic E-state index is -0.250. The molecule has 0 aromatic heterocycles. The van der Waals surface area contributed by atoms with Gasteiger partial charge in [-0.25, -0.2) is 9.18 Å². The van der Waals surface area contributed by atoms with Crippen LogP contribution >= 0.6 is 0 Å². The van der Waals surface area contributed by atoms with Crippen LogP contribution in [0, 0.1) is 19.7 Å². The Morgan fingerprint density at radius 2 is 1.67 bits per heavy atom. The highest BCUT2D eigenvalue weighted by atomic mass is 19.1. The van der Waals surface area contributed by atoms with Crippen LogP contribution in [0.5, 0.6) is 0 Å². The summed E-state index contributed by atoms with van der Waals surface area (Å²) in [5, 5.41) is 5.67. The molecule has 21 heavy (non-hydrogen) atoms. The van der Waals surface area contributed by atoms with Gasteiger partial charge in [-0.2, -0.15) is 0 Å². The van der Waals surface area contributed by atoms with Gasteiger partial charge in [-0.3, -0.25) is 0 Å². The van der Waals surface area contributed by atoms with E-state index in [0.29, 0.717) is 13.0 Å². The van der Waals surface area contributed by atoms with Crippen LogP contribution in [0.1, 0.15) is 16.7 Å². The van der Waals surface area contributed by atoms with Crippen molar-refractivity contribution in [3.8, 4) is 0 Å². The number of carbonyl (C=O) groups excluding carboxylic acids is 1. The minimum Gasteiger partial charge on any atom is -0.338 e. The number of hydrogen-bond donors (Lipinski definition) is 2. The zero-order chi connectivity index (χ0) is 15.2. The van der Waals surface area contributed by atoms with E-state index in [4.69, 9.17) is 0 Å². The van der Waals surface area contributed by atoms with E-state index in [9.17, 15) is 9.18 Å². The van der Waals surface area contributed by atoms with Gasteiger partial charge in [0.25, 0.3) is 0 Å². The summed E-state index contributed by atoms with van der Waals surface area (Å²) < 4.78 is 12.8. The van der Waals surface area contributed by atoms with E-state index in [0.717, 1.165) is 22.4 Å². The van der Waals surface area contributed by atoms with Crippen LogP contribution in [0.3, 0.4) is 0 Å². The number of anilines is 1. The van der Waals surface area contributed by atoms with Crippen molar-refractivity contribution in [2.24, 2.45) is 0 Å². The highest BCUT2D eigenvalue weighted by Gasteiger charge is 2.06. The molecule has 2 aromatic rings. The lowest BCUT2D eigenvalue weighted by Crippen LogP contribution is -2.31. The molecular weight excluding hydrogens is 267 g/mol.